The predicted molar refractivity (Wildman–Crippen MR) is 50.8 cm³/mol. The van der Waals surface area contributed by atoms with Crippen molar-refractivity contribution in [2.24, 2.45) is 4.99 Å². The number of nitrogens with zero attached hydrogens (tertiary/aromatic N) is 1. The number of amidine groups is 1. The number of alkyl halides is 3. The monoisotopic (exact) mass is 224 g/mol. The topological polar surface area (TPSA) is 44.6 Å². The van der Waals surface area contributed by atoms with Crippen LogP contribution in [0.3, 0.4) is 0 Å². The van der Waals surface area contributed by atoms with Crippen LogP contribution in [0.4, 0.5) is 13.2 Å². The molecule has 0 saturated carbocycles. The van der Waals surface area contributed by atoms with E-state index in [0.717, 1.165) is 25.8 Å². The highest BCUT2D eigenvalue weighted by Gasteiger charge is 2.30. The van der Waals surface area contributed by atoms with Crippen LogP contribution in [0.2, 0.25) is 0 Å². The maximum atomic E-state index is 11.9. The fourth-order valence-corrected chi connectivity index (χ4v) is 1.42. The molecule has 1 atom stereocenters. The maximum Gasteiger partial charge on any atom is 0.391 e. The molecule has 0 aliphatic carbocycles. The Kier molecular flexibility index (Phi) is 4.38. The molecule has 1 heterocycles. The van der Waals surface area contributed by atoms with E-state index >= 15 is 0 Å². The van der Waals surface area contributed by atoms with Gasteiger partial charge in [0.1, 0.15) is 0 Å². The molecule has 0 aromatic heterocycles. The van der Waals surface area contributed by atoms with Crippen molar-refractivity contribution in [3.8, 4) is 0 Å². The van der Waals surface area contributed by atoms with E-state index in [-0.39, 0.29) is 6.54 Å². The lowest BCUT2D eigenvalue weighted by molar-refractivity contribution is -0.152. The summed E-state index contributed by atoms with van der Waals surface area (Å²) in [5, 5.41) is 11.8. The Morgan fingerprint density at radius 1 is 1.40 bits per heavy atom. The number of nitrogens with one attached hydrogen (secondary N) is 1. The van der Waals surface area contributed by atoms with Crippen molar-refractivity contribution < 1.29 is 18.3 Å². The van der Waals surface area contributed by atoms with Gasteiger partial charge in [0.05, 0.1) is 18.4 Å². The van der Waals surface area contributed by atoms with E-state index in [0.29, 0.717) is 5.84 Å². The smallest absolute Gasteiger partial charge is 0.391 e. The number of halogens is 3. The second kappa shape index (κ2) is 5.34. The molecular formula is C9H15F3N2O. The third kappa shape index (κ3) is 5.61. The zero-order chi connectivity index (χ0) is 11.3. The first kappa shape index (κ1) is 12.3. The molecule has 0 amide bonds. The molecule has 6 heteroatoms. The van der Waals surface area contributed by atoms with Crippen LogP contribution >= 0.6 is 0 Å². The van der Waals surface area contributed by atoms with E-state index in [9.17, 15) is 13.2 Å². The molecule has 1 rings (SSSR count). The first-order valence-electron chi connectivity index (χ1n) is 4.99. The van der Waals surface area contributed by atoms with Crippen molar-refractivity contribution in [2.45, 2.75) is 38.0 Å². The summed E-state index contributed by atoms with van der Waals surface area (Å²) in [7, 11) is 0. The van der Waals surface area contributed by atoms with Crippen LogP contribution in [-0.2, 0) is 0 Å². The molecule has 0 bridgehead atoms. The van der Waals surface area contributed by atoms with Gasteiger partial charge in [-0.2, -0.15) is 13.2 Å². The van der Waals surface area contributed by atoms with Crippen molar-refractivity contribution in [3.05, 3.63) is 0 Å². The standard InChI is InChI=1S/C9H15F3N2O/c10-9(11,12)5-7(15)6-14-8-3-1-2-4-13-8/h7,15H,1-6H2,(H,13,14). The molecule has 15 heavy (non-hydrogen) atoms. The molecule has 0 fully saturated rings. The van der Waals surface area contributed by atoms with Gasteiger partial charge in [0.2, 0.25) is 0 Å². The minimum Gasteiger partial charge on any atom is -0.391 e. The van der Waals surface area contributed by atoms with Crippen LogP contribution in [0.15, 0.2) is 4.99 Å². The molecular weight excluding hydrogens is 209 g/mol. The van der Waals surface area contributed by atoms with E-state index in [2.05, 4.69) is 10.3 Å². The zero-order valence-electron chi connectivity index (χ0n) is 8.35. The van der Waals surface area contributed by atoms with E-state index < -0.39 is 18.7 Å². The third-order valence-corrected chi connectivity index (χ3v) is 2.13. The third-order valence-electron chi connectivity index (χ3n) is 2.13. The second-order valence-electron chi connectivity index (χ2n) is 3.64. The lowest BCUT2D eigenvalue weighted by atomic mass is 10.1. The van der Waals surface area contributed by atoms with Gasteiger partial charge < -0.3 is 10.4 Å². The summed E-state index contributed by atoms with van der Waals surface area (Å²) in [6, 6.07) is 0. The van der Waals surface area contributed by atoms with Gasteiger partial charge in [-0.25, -0.2) is 0 Å². The van der Waals surface area contributed by atoms with Crippen LogP contribution in [0, 0.1) is 0 Å². The highest BCUT2D eigenvalue weighted by Crippen LogP contribution is 2.21. The Balaban J connectivity index is 2.21. The van der Waals surface area contributed by atoms with Gasteiger partial charge in [0.15, 0.2) is 0 Å². The number of rotatable bonds is 3. The van der Waals surface area contributed by atoms with E-state index in [4.69, 9.17) is 5.11 Å². The Morgan fingerprint density at radius 2 is 2.13 bits per heavy atom. The molecule has 88 valence electrons. The molecule has 0 radical (unpaired) electrons. The lowest BCUT2D eigenvalue weighted by Crippen LogP contribution is -2.35. The summed E-state index contributed by atoms with van der Waals surface area (Å²) in [6.45, 7) is 0.635. The van der Waals surface area contributed by atoms with Crippen LogP contribution in [0.5, 0.6) is 0 Å². The van der Waals surface area contributed by atoms with E-state index in [1.54, 1.807) is 0 Å². The van der Waals surface area contributed by atoms with Crippen LogP contribution in [0.25, 0.3) is 0 Å². The van der Waals surface area contributed by atoms with Gasteiger partial charge >= 0.3 is 6.18 Å². The lowest BCUT2D eigenvalue weighted by Gasteiger charge is -2.17. The highest BCUT2D eigenvalue weighted by molar-refractivity contribution is 5.82. The number of aliphatic hydroxyl groups excluding tert-OH is 1. The van der Waals surface area contributed by atoms with Crippen molar-refractivity contribution in [2.75, 3.05) is 13.1 Å². The Bertz CT molecular complexity index is 228. The SMILES string of the molecule is OC(CNC1=NCCCC1)CC(F)(F)F. The Labute approximate surface area is 86.4 Å². The van der Waals surface area contributed by atoms with Gasteiger partial charge in [0.25, 0.3) is 0 Å². The first-order chi connectivity index (χ1) is 6.97. The average Bonchev–Trinajstić information content (AvgIpc) is 2.14. The van der Waals surface area contributed by atoms with Gasteiger partial charge in [-0.3, -0.25) is 4.99 Å². The highest BCUT2D eigenvalue weighted by atomic mass is 19.4. The van der Waals surface area contributed by atoms with Gasteiger partial charge in [-0.15, -0.1) is 0 Å². The summed E-state index contributed by atoms with van der Waals surface area (Å²) >= 11 is 0. The quantitative estimate of drug-likeness (QED) is 0.762. The summed E-state index contributed by atoms with van der Waals surface area (Å²) < 4.78 is 35.6. The molecule has 0 aromatic carbocycles. The van der Waals surface area contributed by atoms with Crippen molar-refractivity contribution >= 4 is 5.84 Å². The molecule has 0 saturated heterocycles. The van der Waals surface area contributed by atoms with Gasteiger partial charge in [-0.05, 0) is 12.8 Å². The second-order valence-corrected chi connectivity index (χ2v) is 3.64. The summed E-state index contributed by atoms with van der Waals surface area (Å²) in [5.74, 6) is 0.711. The summed E-state index contributed by atoms with van der Waals surface area (Å²) in [6.07, 6.45) is -4.09. The maximum absolute atomic E-state index is 11.9. The minimum absolute atomic E-state index is 0.0850. The van der Waals surface area contributed by atoms with Gasteiger partial charge in [0, 0.05) is 19.5 Å². The Morgan fingerprint density at radius 3 is 2.67 bits per heavy atom. The zero-order valence-corrected chi connectivity index (χ0v) is 8.35. The molecule has 0 spiro atoms. The number of hydrogen-bond acceptors (Lipinski definition) is 3. The summed E-state index contributed by atoms with van der Waals surface area (Å²) in [5.41, 5.74) is 0. The van der Waals surface area contributed by atoms with E-state index in [1.807, 2.05) is 0 Å². The van der Waals surface area contributed by atoms with Crippen molar-refractivity contribution in [1.82, 2.24) is 5.32 Å². The Hall–Kier alpha value is -0.780. The van der Waals surface area contributed by atoms with Crippen LogP contribution in [0.1, 0.15) is 25.7 Å². The minimum atomic E-state index is -4.31. The van der Waals surface area contributed by atoms with Gasteiger partial charge in [-0.1, -0.05) is 0 Å². The normalized spacial score (nSPS) is 19.6. The average molecular weight is 224 g/mol. The van der Waals surface area contributed by atoms with E-state index in [1.165, 1.54) is 0 Å². The summed E-state index contributed by atoms with van der Waals surface area (Å²) in [4.78, 5) is 4.11. The van der Waals surface area contributed by atoms with Crippen LogP contribution in [-0.4, -0.2) is 36.3 Å². The first-order valence-corrected chi connectivity index (χ1v) is 4.99. The number of aliphatic hydroxyl groups is 1. The molecule has 1 aliphatic heterocycles. The number of aliphatic imine (C=N–C) groups is 1. The molecule has 0 aromatic rings. The molecule has 3 nitrogen and oxygen atoms in total. The number of hydrogen-bond donors (Lipinski definition) is 2. The van der Waals surface area contributed by atoms with Crippen molar-refractivity contribution in [1.29, 1.82) is 0 Å². The molecule has 1 aliphatic rings. The fourth-order valence-electron chi connectivity index (χ4n) is 1.42. The predicted octanol–water partition coefficient (Wildman–Crippen LogP) is 1.47. The molecule has 1 unspecified atom stereocenters. The largest absolute Gasteiger partial charge is 0.391 e. The molecule has 2 N–H and O–H groups in total. The van der Waals surface area contributed by atoms with Crippen LogP contribution < -0.4 is 5.32 Å². The van der Waals surface area contributed by atoms with Crippen molar-refractivity contribution in [3.63, 3.8) is 0 Å². The fraction of sp³-hybridized carbons (Fsp3) is 0.889.